The van der Waals surface area contributed by atoms with Gasteiger partial charge in [0.15, 0.2) is 0 Å². The molecule has 0 radical (unpaired) electrons. The van der Waals surface area contributed by atoms with Crippen molar-refractivity contribution >= 4 is 0 Å². The second-order valence-electron chi connectivity index (χ2n) is 3.82. The molecule has 1 aliphatic rings. The van der Waals surface area contributed by atoms with Crippen LogP contribution in [0.25, 0.3) is 0 Å². The molecule has 0 amide bonds. The third-order valence-corrected chi connectivity index (χ3v) is 2.85. The number of terminal acetylenes is 1. The molecule has 72 valence electrons. The van der Waals surface area contributed by atoms with E-state index in [0.717, 1.165) is 18.4 Å². The van der Waals surface area contributed by atoms with E-state index in [1.165, 1.54) is 5.56 Å². The standard InChI is InChI=1S/C12H13NO/c1-2-10-4-3-5-11(8-10)12(6-7-12)9-14-13/h1,3-5,8H,6-7,9,13H2. The van der Waals surface area contributed by atoms with Gasteiger partial charge in [0.2, 0.25) is 0 Å². The summed E-state index contributed by atoms with van der Waals surface area (Å²) in [6, 6.07) is 8.06. The lowest BCUT2D eigenvalue weighted by molar-refractivity contribution is 0.116. The van der Waals surface area contributed by atoms with Crippen molar-refractivity contribution in [3.63, 3.8) is 0 Å². The molecule has 0 unspecified atom stereocenters. The Hall–Kier alpha value is -1.30. The summed E-state index contributed by atoms with van der Waals surface area (Å²) in [5.41, 5.74) is 2.31. The molecule has 0 bridgehead atoms. The number of nitrogens with two attached hydrogens (primary N) is 1. The zero-order chi connectivity index (χ0) is 10.0. The smallest absolute Gasteiger partial charge is 0.0775 e. The third kappa shape index (κ3) is 1.52. The summed E-state index contributed by atoms with van der Waals surface area (Å²) >= 11 is 0. The van der Waals surface area contributed by atoms with Gasteiger partial charge in [0, 0.05) is 11.0 Å². The highest BCUT2D eigenvalue weighted by molar-refractivity contribution is 5.40. The Morgan fingerprint density at radius 1 is 1.50 bits per heavy atom. The molecule has 0 aromatic heterocycles. The van der Waals surface area contributed by atoms with Crippen LogP contribution in [0.1, 0.15) is 24.0 Å². The Morgan fingerprint density at radius 2 is 2.29 bits per heavy atom. The predicted molar refractivity (Wildman–Crippen MR) is 55.4 cm³/mol. The molecule has 0 spiro atoms. The molecular weight excluding hydrogens is 174 g/mol. The van der Waals surface area contributed by atoms with Gasteiger partial charge < -0.3 is 4.84 Å². The average Bonchev–Trinajstić information content (AvgIpc) is 3.00. The van der Waals surface area contributed by atoms with E-state index in [1.54, 1.807) is 0 Å². The zero-order valence-electron chi connectivity index (χ0n) is 7.99. The van der Waals surface area contributed by atoms with Crippen molar-refractivity contribution in [3.05, 3.63) is 35.4 Å². The van der Waals surface area contributed by atoms with Crippen LogP contribution in [0.4, 0.5) is 0 Å². The number of benzene rings is 1. The van der Waals surface area contributed by atoms with E-state index in [1.807, 2.05) is 18.2 Å². The predicted octanol–water partition coefficient (Wildman–Crippen LogP) is 1.59. The highest BCUT2D eigenvalue weighted by atomic mass is 16.6. The van der Waals surface area contributed by atoms with Gasteiger partial charge in [0.05, 0.1) is 6.61 Å². The Kier molecular flexibility index (Phi) is 2.28. The van der Waals surface area contributed by atoms with Crippen LogP contribution in [0.15, 0.2) is 24.3 Å². The third-order valence-electron chi connectivity index (χ3n) is 2.85. The van der Waals surface area contributed by atoms with Gasteiger partial charge >= 0.3 is 0 Å². The first-order chi connectivity index (χ1) is 6.80. The average molecular weight is 187 g/mol. The molecule has 1 saturated carbocycles. The van der Waals surface area contributed by atoms with Crippen LogP contribution >= 0.6 is 0 Å². The van der Waals surface area contributed by atoms with Gasteiger partial charge in [0.25, 0.3) is 0 Å². The lowest BCUT2D eigenvalue weighted by atomic mass is 9.95. The Morgan fingerprint density at radius 3 is 2.86 bits per heavy atom. The Balaban J connectivity index is 2.28. The first kappa shape index (κ1) is 9.26. The molecule has 0 saturated heterocycles. The van der Waals surface area contributed by atoms with Gasteiger partial charge in [-0.1, -0.05) is 18.1 Å². The molecule has 1 fully saturated rings. The first-order valence-electron chi connectivity index (χ1n) is 4.70. The van der Waals surface area contributed by atoms with Crippen molar-refractivity contribution in [2.75, 3.05) is 6.61 Å². The highest BCUT2D eigenvalue weighted by Gasteiger charge is 2.44. The van der Waals surface area contributed by atoms with Gasteiger partial charge in [-0.2, -0.15) is 0 Å². The zero-order valence-corrected chi connectivity index (χ0v) is 7.99. The number of rotatable bonds is 3. The summed E-state index contributed by atoms with van der Waals surface area (Å²) in [6.07, 6.45) is 7.62. The number of hydrogen-bond acceptors (Lipinski definition) is 2. The van der Waals surface area contributed by atoms with E-state index in [9.17, 15) is 0 Å². The van der Waals surface area contributed by atoms with Crippen molar-refractivity contribution in [1.29, 1.82) is 0 Å². The summed E-state index contributed by atoms with van der Waals surface area (Å²) in [4.78, 5) is 4.75. The van der Waals surface area contributed by atoms with Gasteiger partial charge in [-0.3, -0.25) is 0 Å². The van der Waals surface area contributed by atoms with Gasteiger partial charge in [-0.05, 0) is 30.5 Å². The van der Waals surface area contributed by atoms with Crippen LogP contribution in [0, 0.1) is 12.3 Å². The maximum atomic E-state index is 5.35. The van der Waals surface area contributed by atoms with Crippen molar-refractivity contribution < 1.29 is 4.84 Å². The quantitative estimate of drug-likeness (QED) is 0.576. The molecule has 1 aliphatic carbocycles. The molecule has 0 atom stereocenters. The van der Waals surface area contributed by atoms with E-state index < -0.39 is 0 Å². The molecule has 0 heterocycles. The fraction of sp³-hybridized carbons (Fsp3) is 0.333. The van der Waals surface area contributed by atoms with Crippen molar-refractivity contribution in [2.45, 2.75) is 18.3 Å². The van der Waals surface area contributed by atoms with E-state index in [2.05, 4.69) is 12.0 Å². The maximum absolute atomic E-state index is 5.35. The second kappa shape index (κ2) is 3.45. The lowest BCUT2D eigenvalue weighted by Gasteiger charge is -2.13. The lowest BCUT2D eigenvalue weighted by Crippen LogP contribution is -2.18. The van der Waals surface area contributed by atoms with Gasteiger partial charge in [-0.15, -0.1) is 6.42 Å². The molecule has 1 aromatic carbocycles. The molecule has 2 heteroatoms. The van der Waals surface area contributed by atoms with E-state index in [-0.39, 0.29) is 5.41 Å². The monoisotopic (exact) mass is 187 g/mol. The van der Waals surface area contributed by atoms with E-state index >= 15 is 0 Å². The molecule has 2 rings (SSSR count). The Bertz CT molecular complexity index is 374. The van der Waals surface area contributed by atoms with Crippen molar-refractivity contribution in [3.8, 4) is 12.3 Å². The van der Waals surface area contributed by atoms with Crippen LogP contribution in [-0.2, 0) is 10.3 Å². The SMILES string of the molecule is C#Cc1cccc(C2(CON)CC2)c1. The number of hydrogen-bond donors (Lipinski definition) is 1. The Labute approximate surface area is 84.0 Å². The van der Waals surface area contributed by atoms with Crippen LogP contribution in [-0.4, -0.2) is 6.61 Å². The molecule has 1 aromatic rings. The van der Waals surface area contributed by atoms with Crippen molar-refractivity contribution in [2.24, 2.45) is 5.90 Å². The van der Waals surface area contributed by atoms with E-state index in [4.69, 9.17) is 17.2 Å². The summed E-state index contributed by atoms with van der Waals surface area (Å²) < 4.78 is 0. The van der Waals surface area contributed by atoms with Crippen molar-refractivity contribution in [1.82, 2.24) is 0 Å². The van der Waals surface area contributed by atoms with Crippen LogP contribution in [0.3, 0.4) is 0 Å². The van der Waals surface area contributed by atoms with Gasteiger partial charge in [0.1, 0.15) is 0 Å². The minimum atomic E-state index is 0.140. The van der Waals surface area contributed by atoms with Gasteiger partial charge in [-0.25, -0.2) is 5.90 Å². The van der Waals surface area contributed by atoms with Crippen LogP contribution in [0.2, 0.25) is 0 Å². The normalized spacial score (nSPS) is 17.4. The van der Waals surface area contributed by atoms with Crippen LogP contribution in [0.5, 0.6) is 0 Å². The molecule has 2 nitrogen and oxygen atoms in total. The molecular formula is C12H13NO. The summed E-state index contributed by atoms with van der Waals surface area (Å²) in [6.45, 7) is 0.584. The largest absolute Gasteiger partial charge is 0.304 e. The summed E-state index contributed by atoms with van der Waals surface area (Å²) in [5, 5.41) is 0. The molecule has 0 aliphatic heterocycles. The van der Waals surface area contributed by atoms with E-state index in [0.29, 0.717) is 6.61 Å². The molecule has 14 heavy (non-hydrogen) atoms. The fourth-order valence-corrected chi connectivity index (χ4v) is 1.77. The summed E-state index contributed by atoms with van der Waals surface area (Å²) in [7, 11) is 0. The maximum Gasteiger partial charge on any atom is 0.0775 e. The minimum absolute atomic E-state index is 0.140. The highest BCUT2D eigenvalue weighted by Crippen LogP contribution is 2.48. The minimum Gasteiger partial charge on any atom is -0.304 e. The topological polar surface area (TPSA) is 35.2 Å². The second-order valence-corrected chi connectivity index (χ2v) is 3.82. The summed E-state index contributed by atoms with van der Waals surface area (Å²) in [5.74, 6) is 7.76. The first-order valence-corrected chi connectivity index (χ1v) is 4.70. The molecule has 2 N–H and O–H groups in total. The van der Waals surface area contributed by atoms with Crippen LogP contribution < -0.4 is 5.90 Å². The fourth-order valence-electron chi connectivity index (χ4n) is 1.77.